The first-order chi connectivity index (χ1) is 12.2. The van der Waals surface area contributed by atoms with Gasteiger partial charge in [-0.2, -0.15) is 16.4 Å². The quantitative estimate of drug-likeness (QED) is 0.824. The number of hydrogen-bond donors (Lipinski definition) is 1. The summed E-state index contributed by atoms with van der Waals surface area (Å²) in [7, 11) is 0. The minimum absolute atomic E-state index is 0.220. The van der Waals surface area contributed by atoms with Gasteiger partial charge in [0, 0.05) is 25.2 Å². The van der Waals surface area contributed by atoms with E-state index in [0.29, 0.717) is 25.2 Å². The normalized spacial score (nSPS) is 28.5. The van der Waals surface area contributed by atoms with Crippen LogP contribution in [0.4, 0.5) is 0 Å². The van der Waals surface area contributed by atoms with Gasteiger partial charge in [0.1, 0.15) is 12.7 Å². The first kappa shape index (κ1) is 16.7. The lowest BCUT2D eigenvalue weighted by atomic mass is 9.71. The minimum atomic E-state index is -0.235. The molecule has 6 nitrogen and oxygen atoms in total. The Kier molecular flexibility index (Phi) is 4.60. The third-order valence-electron chi connectivity index (χ3n) is 6.00. The van der Waals surface area contributed by atoms with Crippen molar-refractivity contribution >= 4 is 17.2 Å². The molecule has 7 heteroatoms. The third kappa shape index (κ3) is 3.00. The summed E-state index contributed by atoms with van der Waals surface area (Å²) in [6.45, 7) is 4.41. The molecular formula is C18H25N5OS. The lowest BCUT2D eigenvalue weighted by Crippen LogP contribution is -2.49. The van der Waals surface area contributed by atoms with Crippen molar-refractivity contribution in [1.29, 1.82) is 0 Å². The number of hydrogen-bond acceptors (Lipinski definition) is 5. The van der Waals surface area contributed by atoms with Crippen LogP contribution in [-0.2, 0) is 17.9 Å². The van der Waals surface area contributed by atoms with E-state index in [2.05, 4.69) is 44.0 Å². The smallest absolute Gasteiger partial charge is 0.227 e. The van der Waals surface area contributed by atoms with Crippen molar-refractivity contribution in [3.05, 3.63) is 35.0 Å². The highest BCUT2D eigenvalue weighted by atomic mass is 32.1. The fourth-order valence-electron chi connectivity index (χ4n) is 4.73. The lowest BCUT2D eigenvalue weighted by molar-refractivity contribution is -0.133. The third-order valence-corrected chi connectivity index (χ3v) is 6.73. The molecule has 0 aliphatic carbocycles. The number of amides is 1. The molecule has 2 fully saturated rings. The number of carbonyl (C=O) groups excluding carboxylic acids is 1. The molecule has 0 unspecified atom stereocenters. The van der Waals surface area contributed by atoms with Gasteiger partial charge in [-0.05, 0) is 48.1 Å². The summed E-state index contributed by atoms with van der Waals surface area (Å²) in [6, 6.07) is 3.12. The Labute approximate surface area is 152 Å². The maximum atomic E-state index is 13.1. The van der Waals surface area contributed by atoms with Crippen LogP contribution in [0, 0.1) is 5.41 Å². The van der Waals surface area contributed by atoms with Gasteiger partial charge in [-0.1, -0.05) is 6.92 Å². The fraction of sp³-hybridized carbons (Fsp3) is 0.611. The molecule has 2 aromatic rings. The number of carbonyl (C=O) groups is 1. The molecule has 2 bridgehead atoms. The van der Waals surface area contributed by atoms with Crippen molar-refractivity contribution in [1.82, 2.24) is 25.0 Å². The molecule has 2 aliphatic heterocycles. The molecule has 3 atom stereocenters. The van der Waals surface area contributed by atoms with E-state index in [1.807, 2.05) is 0 Å². The van der Waals surface area contributed by atoms with Crippen LogP contribution in [0.1, 0.15) is 38.2 Å². The zero-order valence-corrected chi connectivity index (χ0v) is 15.4. The first-order valence-corrected chi connectivity index (χ1v) is 10.0. The van der Waals surface area contributed by atoms with Gasteiger partial charge < -0.3 is 5.32 Å². The molecule has 2 saturated heterocycles. The van der Waals surface area contributed by atoms with Gasteiger partial charge in [-0.25, -0.2) is 4.98 Å². The average Bonchev–Trinajstić information content (AvgIpc) is 3.40. The van der Waals surface area contributed by atoms with Crippen LogP contribution in [0.5, 0.6) is 0 Å². The molecule has 0 spiro atoms. The maximum Gasteiger partial charge on any atom is 0.227 e. The van der Waals surface area contributed by atoms with Crippen LogP contribution >= 0.6 is 11.3 Å². The summed E-state index contributed by atoms with van der Waals surface area (Å²) in [5.74, 6) is 0.220. The van der Waals surface area contributed by atoms with Gasteiger partial charge in [0.15, 0.2) is 0 Å². The van der Waals surface area contributed by atoms with Gasteiger partial charge in [0.05, 0.1) is 12.0 Å². The van der Waals surface area contributed by atoms with E-state index in [9.17, 15) is 4.79 Å². The van der Waals surface area contributed by atoms with E-state index in [-0.39, 0.29) is 11.3 Å². The molecule has 134 valence electrons. The average molecular weight is 359 g/mol. The Balaban J connectivity index is 1.42. The molecule has 1 N–H and O–H groups in total. The van der Waals surface area contributed by atoms with Crippen LogP contribution in [0.2, 0.25) is 0 Å². The number of rotatable bonds is 7. The number of fused-ring (bicyclic) bond motifs is 2. The Morgan fingerprint density at radius 3 is 3.12 bits per heavy atom. The second-order valence-corrected chi connectivity index (χ2v) is 7.96. The predicted molar refractivity (Wildman–Crippen MR) is 97.0 cm³/mol. The van der Waals surface area contributed by atoms with E-state index < -0.39 is 0 Å². The SMILES string of the molecule is CC[C@@]1(C(=O)NCCn2cncn2)C[C@@H]2CC[C@H]1N2Cc1ccsc1. The van der Waals surface area contributed by atoms with Crippen LogP contribution in [0.3, 0.4) is 0 Å². The molecule has 1 amide bonds. The molecule has 0 saturated carbocycles. The zero-order valence-electron chi connectivity index (χ0n) is 14.6. The van der Waals surface area contributed by atoms with Crippen LogP contribution in [0.15, 0.2) is 29.5 Å². The lowest BCUT2D eigenvalue weighted by Gasteiger charge is -2.35. The van der Waals surface area contributed by atoms with E-state index in [1.165, 1.54) is 18.3 Å². The van der Waals surface area contributed by atoms with Gasteiger partial charge >= 0.3 is 0 Å². The molecule has 25 heavy (non-hydrogen) atoms. The standard InChI is InChI=1S/C18H25N5OS/c1-2-18(17(24)20-6-7-22-13-19-12-21-22)9-15-3-4-16(18)23(15)10-14-5-8-25-11-14/h5,8,11-13,15-16H,2-4,6-7,9-10H2,1H3,(H,20,24)/t15-,16+,18+/m0/s1. The van der Waals surface area contributed by atoms with Crippen LogP contribution < -0.4 is 5.32 Å². The molecule has 4 rings (SSSR count). The summed E-state index contributed by atoms with van der Waals surface area (Å²) >= 11 is 1.75. The Hall–Kier alpha value is -1.73. The Morgan fingerprint density at radius 1 is 1.48 bits per heavy atom. The van der Waals surface area contributed by atoms with E-state index in [0.717, 1.165) is 25.8 Å². The van der Waals surface area contributed by atoms with E-state index in [1.54, 1.807) is 22.3 Å². The van der Waals surface area contributed by atoms with E-state index >= 15 is 0 Å². The summed E-state index contributed by atoms with van der Waals surface area (Å²) in [4.78, 5) is 19.6. The fourth-order valence-corrected chi connectivity index (χ4v) is 5.39. The van der Waals surface area contributed by atoms with Crippen LogP contribution in [0.25, 0.3) is 0 Å². The largest absolute Gasteiger partial charge is 0.354 e. The maximum absolute atomic E-state index is 13.1. The van der Waals surface area contributed by atoms with Crippen molar-refractivity contribution in [2.45, 2.75) is 57.8 Å². The van der Waals surface area contributed by atoms with Crippen molar-refractivity contribution in [3.8, 4) is 0 Å². The highest BCUT2D eigenvalue weighted by Crippen LogP contribution is 2.52. The molecular weight excluding hydrogens is 334 g/mol. The Bertz CT molecular complexity index is 701. The van der Waals surface area contributed by atoms with Gasteiger partial charge in [0.2, 0.25) is 5.91 Å². The van der Waals surface area contributed by atoms with Crippen molar-refractivity contribution < 1.29 is 4.79 Å². The van der Waals surface area contributed by atoms with Crippen molar-refractivity contribution in [3.63, 3.8) is 0 Å². The zero-order chi connectivity index (χ0) is 17.3. The highest BCUT2D eigenvalue weighted by molar-refractivity contribution is 7.07. The molecule has 0 aromatic carbocycles. The second kappa shape index (κ2) is 6.88. The van der Waals surface area contributed by atoms with E-state index in [4.69, 9.17) is 0 Å². The molecule has 0 radical (unpaired) electrons. The van der Waals surface area contributed by atoms with Crippen LogP contribution in [-0.4, -0.2) is 44.2 Å². The molecule has 4 heterocycles. The number of nitrogens with one attached hydrogen (secondary N) is 1. The summed E-state index contributed by atoms with van der Waals surface area (Å²) in [6.07, 6.45) is 7.47. The number of thiophene rings is 1. The second-order valence-electron chi connectivity index (χ2n) is 7.18. The summed E-state index contributed by atoms with van der Waals surface area (Å²) in [5.41, 5.74) is 1.14. The molecule has 2 aromatic heterocycles. The summed E-state index contributed by atoms with van der Waals surface area (Å²) in [5, 5.41) is 11.6. The first-order valence-electron chi connectivity index (χ1n) is 9.10. The number of aromatic nitrogens is 3. The predicted octanol–water partition coefficient (Wildman–Crippen LogP) is 2.29. The Morgan fingerprint density at radius 2 is 2.40 bits per heavy atom. The monoisotopic (exact) mass is 359 g/mol. The summed E-state index contributed by atoms with van der Waals surface area (Å²) < 4.78 is 1.75. The van der Waals surface area contributed by atoms with Gasteiger partial charge in [-0.15, -0.1) is 0 Å². The van der Waals surface area contributed by atoms with Crippen molar-refractivity contribution in [2.75, 3.05) is 6.54 Å². The van der Waals surface area contributed by atoms with Gasteiger partial charge in [0.25, 0.3) is 0 Å². The minimum Gasteiger partial charge on any atom is -0.354 e. The topological polar surface area (TPSA) is 63.1 Å². The van der Waals surface area contributed by atoms with Crippen molar-refractivity contribution in [2.24, 2.45) is 5.41 Å². The highest BCUT2D eigenvalue weighted by Gasteiger charge is 2.58. The number of nitrogens with zero attached hydrogens (tertiary/aromatic N) is 4. The molecule has 2 aliphatic rings. The van der Waals surface area contributed by atoms with Gasteiger partial charge in [-0.3, -0.25) is 14.4 Å².